The van der Waals surface area contributed by atoms with E-state index in [4.69, 9.17) is 0 Å². The molecule has 6 aromatic rings. The topological polar surface area (TPSA) is 20.2 Å². The van der Waals surface area contributed by atoms with Crippen LogP contribution in [-0.2, 0) is 0 Å². The monoisotopic (exact) mass is 614 g/mol. The second kappa shape index (κ2) is 14.3. The Bertz CT molecular complexity index is 1760. The van der Waals surface area contributed by atoms with Crippen molar-refractivity contribution in [3.8, 4) is 5.75 Å². The van der Waals surface area contributed by atoms with Crippen LogP contribution >= 0.6 is 0 Å². The van der Waals surface area contributed by atoms with E-state index in [1.807, 2.05) is 0 Å². The number of benzene rings is 6. The van der Waals surface area contributed by atoms with Gasteiger partial charge in [-0.15, -0.1) is 0 Å². The van der Waals surface area contributed by atoms with Gasteiger partial charge in [0.2, 0.25) is 0 Å². The largest absolute Gasteiger partial charge is 0.507 e. The van der Waals surface area contributed by atoms with Crippen LogP contribution in [0, 0.1) is 0 Å². The van der Waals surface area contributed by atoms with Crippen LogP contribution in [0.3, 0.4) is 0 Å². The minimum absolute atomic E-state index is 0.0260. The summed E-state index contributed by atoms with van der Waals surface area (Å²) in [5.41, 5.74) is 12.0. The molecule has 6 rings (SSSR count). The second-order valence-electron chi connectivity index (χ2n) is 13.1. The van der Waals surface area contributed by atoms with Crippen molar-refractivity contribution < 1.29 is 5.11 Å². The number of hydrogen-bond acceptors (Lipinski definition) is 1. The molecule has 47 heavy (non-hydrogen) atoms. The molecule has 0 amide bonds. The molecule has 5 atom stereocenters. The van der Waals surface area contributed by atoms with E-state index in [-0.39, 0.29) is 29.6 Å². The number of rotatable bonds is 10. The predicted molar refractivity (Wildman–Crippen MR) is 198 cm³/mol. The van der Waals surface area contributed by atoms with Crippen molar-refractivity contribution in [2.45, 2.75) is 64.2 Å². The Kier molecular flexibility index (Phi) is 9.73. The van der Waals surface area contributed by atoms with Gasteiger partial charge < -0.3 is 5.11 Å². The van der Waals surface area contributed by atoms with Crippen molar-refractivity contribution in [1.29, 1.82) is 0 Å². The Balaban J connectivity index is 1.79. The van der Waals surface area contributed by atoms with Crippen LogP contribution in [0.1, 0.15) is 120 Å². The summed E-state index contributed by atoms with van der Waals surface area (Å²) < 4.78 is 0. The molecule has 0 radical (unpaired) electrons. The van der Waals surface area contributed by atoms with Crippen LogP contribution in [0.25, 0.3) is 0 Å². The molecule has 0 saturated carbocycles. The predicted octanol–water partition coefficient (Wildman–Crippen LogP) is 12.2. The summed E-state index contributed by atoms with van der Waals surface area (Å²) >= 11 is 0. The van der Waals surface area contributed by atoms with E-state index in [1.165, 1.54) is 44.5 Å². The first-order chi connectivity index (χ1) is 22.9. The van der Waals surface area contributed by atoms with E-state index < -0.39 is 0 Å². The molecule has 0 spiro atoms. The summed E-state index contributed by atoms with van der Waals surface area (Å²) in [4.78, 5) is 0. The lowest BCUT2D eigenvalue weighted by molar-refractivity contribution is 0.452. The lowest BCUT2D eigenvalue weighted by Crippen LogP contribution is -2.20. The zero-order chi connectivity index (χ0) is 32.9. The molecular weight excluding hydrogens is 569 g/mol. The zero-order valence-electron chi connectivity index (χ0n) is 28.3. The highest BCUT2D eigenvalue weighted by Crippen LogP contribution is 2.53. The van der Waals surface area contributed by atoms with Crippen LogP contribution in [0.5, 0.6) is 5.75 Å². The van der Waals surface area contributed by atoms with Gasteiger partial charge in [-0.1, -0.05) is 186 Å². The third-order valence-electron chi connectivity index (χ3n) is 10.3. The summed E-state index contributed by atoms with van der Waals surface area (Å²) in [5.74, 6) is 0.558. The highest BCUT2D eigenvalue weighted by atomic mass is 16.3. The van der Waals surface area contributed by atoms with Gasteiger partial charge in [-0.3, -0.25) is 0 Å². The average molecular weight is 615 g/mol. The Morgan fingerprint density at radius 1 is 0.277 bits per heavy atom. The van der Waals surface area contributed by atoms with Gasteiger partial charge in [0.05, 0.1) is 0 Å². The molecule has 0 heterocycles. The fraction of sp³-hybridized carbons (Fsp3) is 0.217. The van der Waals surface area contributed by atoms with Crippen molar-refractivity contribution in [3.63, 3.8) is 0 Å². The van der Waals surface area contributed by atoms with E-state index >= 15 is 0 Å². The van der Waals surface area contributed by atoms with E-state index in [0.717, 1.165) is 11.1 Å². The van der Waals surface area contributed by atoms with Crippen molar-refractivity contribution in [1.82, 2.24) is 0 Å². The maximum atomic E-state index is 13.0. The van der Waals surface area contributed by atoms with Crippen LogP contribution < -0.4 is 0 Å². The summed E-state index contributed by atoms with van der Waals surface area (Å²) in [5, 5.41) is 13.0. The average Bonchev–Trinajstić information content (AvgIpc) is 3.14. The van der Waals surface area contributed by atoms with Gasteiger partial charge in [-0.2, -0.15) is 0 Å². The normalized spacial score (nSPS) is 14.6. The Morgan fingerprint density at radius 3 is 0.660 bits per heavy atom. The summed E-state index contributed by atoms with van der Waals surface area (Å²) in [6.07, 6.45) is 0. The molecule has 5 unspecified atom stereocenters. The van der Waals surface area contributed by atoms with Crippen LogP contribution in [-0.4, -0.2) is 5.11 Å². The molecule has 0 fully saturated rings. The van der Waals surface area contributed by atoms with Crippen molar-refractivity contribution in [2.75, 3.05) is 0 Å². The molecule has 6 aromatic carbocycles. The quantitative estimate of drug-likeness (QED) is 0.163. The molecule has 0 aliphatic carbocycles. The van der Waals surface area contributed by atoms with Gasteiger partial charge in [-0.05, 0) is 44.5 Å². The van der Waals surface area contributed by atoms with Gasteiger partial charge in [-0.25, -0.2) is 0 Å². The molecule has 0 aliphatic heterocycles. The second-order valence-corrected chi connectivity index (χ2v) is 13.1. The Labute approximate surface area is 281 Å². The minimum atomic E-state index is -0.0260. The SMILES string of the molecule is CC(c1ccccc1)c1c(O)c(C(C)c2ccccc2)c(C(C)c2ccccc2)c(C(C)c2ccccc2)c1C(C)c1ccccc1. The van der Waals surface area contributed by atoms with Gasteiger partial charge in [0, 0.05) is 40.7 Å². The molecule has 1 heteroatoms. The highest BCUT2D eigenvalue weighted by molar-refractivity contribution is 5.66. The summed E-state index contributed by atoms with van der Waals surface area (Å²) in [7, 11) is 0. The molecule has 1 N–H and O–H groups in total. The van der Waals surface area contributed by atoms with Crippen LogP contribution in [0.4, 0.5) is 0 Å². The number of phenolic OH excluding ortho intramolecular Hbond substituents is 1. The Hall–Kier alpha value is -4.88. The van der Waals surface area contributed by atoms with Crippen LogP contribution in [0.15, 0.2) is 152 Å². The lowest BCUT2D eigenvalue weighted by atomic mass is 9.68. The van der Waals surface area contributed by atoms with E-state index in [2.05, 4.69) is 186 Å². The number of aromatic hydroxyl groups is 1. The summed E-state index contributed by atoms with van der Waals surface area (Å²) in [6.45, 7) is 11.5. The first kappa shape index (κ1) is 32.1. The smallest absolute Gasteiger partial charge is 0.123 e. The molecule has 0 bridgehead atoms. The third-order valence-corrected chi connectivity index (χ3v) is 10.3. The molecule has 1 nitrogen and oxygen atoms in total. The first-order valence-corrected chi connectivity index (χ1v) is 17.1. The van der Waals surface area contributed by atoms with Gasteiger partial charge in [0.1, 0.15) is 5.75 Å². The molecule has 0 aliphatic rings. The van der Waals surface area contributed by atoms with E-state index in [0.29, 0.717) is 5.75 Å². The van der Waals surface area contributed by atoms with Gasteiger partial charge in [0.25, 0.3) is 0 Å². The Morgan fingerprint density at radius 2 is 0.447 bits per heavy atom. The van der Waals surface area contributed by atoms with Crippen LogP contribution in [0.2, 0.25) is 0 Å². The zero-order valence-corrected chi connectivity index (χ0v) is 28.3. The lowest BCUT2D eigenvalue weighted by Gasteiger charge is -2.36. The maximum absolute atomic E-state index is 13.0. The maximum Gasteiger partial charge on any atom is 0.123 e. The summed E-state index contributed by atoms with van der Waals surface area (Å²) in [6, 6.07) is 53.9. The highest BCUT2D eigenvalue weighted by Gasteiger charge is 2.36. The van der Waals surface area contributed by atoms with Gasteiger partial charge in [0.15, 0.2) is 0 Å². The van der Waals surface area contributed by atoms with E-state index in [9.17, 15) is 5.11 Å². The fourth-order valence-electron chi connectivity index (χ4n) is 7.65. The fourth-order valence-corrected chi connectivity index (χ4v) is 7.65. The van der Waals surface area contributed by atoms with E-state index in [1.54, 1.807) is 0 Å². The molecule has 0 aromatic heterocycles. The van der Waals surface area contributed by atoms with Crippen molar-refractivity contribution in [3.05, 3.63) is 207 Å². The molecular formula is C46H46O. The third kappa shape index (κ3) is 6.41. The molecule has 0 saturated heterocycles. The molecule has 236 valence electrons. The standard InChI is InChI=1S/C46H46O/c1-31(36-21-11-6-12-22-36)41-42(32(2)37-23-13-7-14-24-37)44(34(4)39-27-17-9-18-28-39)46(47)45(35(5)40-29-19-10-20-30-40)43(41)33(3)38-25-15-8-16-26-38/h6-35,47H,1-5H3. The first-order valence-electron chi connectivity index (χ1n) is 17.1. The van der Waals surface area contributed by atoms with Gasteiger partial charge >= 0.3 is 0 Å². The minimum Gasteiger partial charge on any atom is -0.507 e. The number of hydrogen-bond donors (Lipinski definition) is 1. The number of phenols is 1. The van der Waals surface area contributed by atoms with Crippen molar-refractivity contribution in [2.24, 2.45) is 0 Å². The van der Waals surface area contributed by atoms with Crippen molar-refractivity contribution >= 4 is 0 Å².